The topological polar surface area (TPSA) is 67.6 Å². The highest BCUT2D eigenvalue weighted by molar-refractivity contribution is 5.97. The maximum Gasteiger partial charge on any atom is 0.461 e. The Morgan fingerprint density at radius 2 is 1.97 bits per heavy atom. The molecule has 1 aromatic heterocycles. The first-order valence-corrected chi connectivity index (χ1v) is 9.64. The fourth-order valence-electron chi connectivity index (χ4n) is 3.43. The minimum Gasteiger partial charge on any atom is -0.439 e. The number of para-hydroxylation sites is 3. The number of nitrogens with zero attached hydrogens (tertiary/aromatic N) is 2. The molecule has 1 N–H and O–H groups in total. The van der Waals surface area contributed by atoms with Crippen molar-refractivity contribution in [2.75, 3.05) is 13.1 Å². The third-order valence-corrected chi connectivity index (χ3v) is 4.97. The summed E-state index contributed by atoms with van der Waals surface area (Å²) in [5.74, 6) is -0.633. The van der Waals surface area contributed by atoms with Gasteiger partial charge in [0.1, 0.15) is 11.3 Å². The summed E-state index contributed by atoms with van der Waals surface area (Å²) in [6.45, 7) is 1.06. The quantitative estimate of drug-likeness (QED) is 0.565. The molecule has 1 atom stereocenters. The van der Waals surface area contributed by atoms with E-state index in [0.29, 0.717) is 37.5 Å². The molecule has 0 aliphatic carbocycles. The highest BCUT2D eigenvalue weighted by Gasteiger charge is 2.44. The second kappa shape index (κ2) is 8.54. The van der Waals surface area contributed by atoms with E-state index in [9.17, 15) is 22.4 Å². The number of nitrogens with one attached hydrogen (secondary N) is 1. The molecular formula is C21H19F4N3O3. The number of alkyl halides is 4. The number of benzene rings is 2. The van der Waals surface area contributed by atoms with E-state index in [0.717, 1.165) is 11.6 Å². The Kier molecular flexibility index (Phi) is 5.81. The Balaban J connectivity index is 1.38. The van der Waals surface area contributed by atoms with Crippen molar-refractivity contribution >= 4 is 17.0 Å². The maximum absolute atomic E-state index is 13.3. The van der Waals surface area contributed by atoms with Gasteiger partial charge >= 0.3 is 12.5 Å². The fourth-order valence-corrected chi connectivity index (χ4v) is 3.43. The molecule has 1 amide bonds. The van der Waals surface area contributed by atoms with Gasteiger partial charge in [-0.05, 0) is 30.7 Å². The first-order valence-electron chi connectivity index (χ1n) is 9.64. The first-order chi connectivity index (χ1) is 14.8. The predicted octanol–water partition coefficient (Wildman–Crippen LogP) is 4.07. The van der Waals surface area contributed by atoms with Crippen LogP contribution in [0.3, 0.4) is 0 Å². The number of hydrogen-bond donors (Lipinski definition) is 1. The van der Waals surface area contributed by atoms with Crippen LogP contribution in [-0.2, 0) is 6.54 Å². The monoisotopic (exact) mass is 437 g/mol. The van der Waals surface area contributed by atoms with Gasteiger partial charge in [0, 0.05) is 19.1 Å². The van der Waals surface area contributed by atoms with Crippen LogP contribution in [0.15, 0.2) is 52.9 Å². The Hall–Kier alpha value is -3.14. The van der Waals surface area contributed by atoms with Crippen LogP contribution in [0.2, 0.25) is 0 Å². The van der Waals surface area contributed by atoms with E-state index in [1.807, 2.05) is 24.3 Å². The van der Waals surface area contributed by atoms with Gasteiger partial charge in [-0.15, -0.1) is 0 Å². The van der Waals surface area contributed by atoms with Gasteiger partial charge in [0.25, 0.3) is 5.91 Å². The molecule has 6 nitrogen and oxygen atoms in total. The zero-order chi connectivity index (χ0) is 22.0. The van der Waals surface area contributed by atoms with Crippen molar-refractivity contribution in [1.82, 2.24) is 15.2 Å². The molecule has 3 aromatic rings. The van der Waals surface area contributed by atoms with Gasteiger partial charge < -0.3 is 19.4 Å². The van der Waals surface area contributed by atoms with Crippen molar-refractivity contribution in [2.24, 2.45) is 0 Å². The van der Waals surface area contributed by atoms with Crippen LogP contribution in [0, 0.1) is 0 Å². The molecule has 0 radical (unpaired) electrons. The molecule has 0 saturated carbocycles. The minimum absolute atomic E-state index is 0.0606. The van der Waals surface area contributed by atoms with Crippen molar-refractivity contribution in [3.8, 4) is 5.75 Å². The average Bonchev–Trinajstić information content (AvgIpc) is 3.38. The molecule has 164 valence electrons. The van der Waals surface area contributed by atoms with Crippen molar-refractivity contribution in [3.63, 3.8) is 0 Å². The van der Waals surface area contributed by atoms with Gasteiger partial charge in [-0.3, -0.25) is 4.79 Å². The lowest BCUT2D eigenvalue weighted by Gasteiger charge is -2.21. The van der Waals surface area contributed by atoms with Crippen LogP contribution in [0.25, 0.3) is 11.1 Å². The lowest BCUT2D eigenvalue weighted by atomic mass is 10.1. The third kappa shape index (κ3) is 4.63. The highest BCUT2D eigenvalue weighted by atomic mass is 19.3. The summed E-state index contributed by atoms with van der Waals surface area (Å²) in [7, 11) is 0. The van der Waals surface area contributed by atoms with Crippen LogP contribution in [0.5, 0.6) is 5.75 Å². The number of likely N-dealkylation sites (tertiary alicyclic amines) is 1. The van der Waals surface area contributed by atoms with Gasteiger partial charge in [-0.1, -0.05) is 24.3 Å². The molecule has 31 heavy (non-hydrogen) atoms. The van der Waals surface area contributed by atoms with Gasteiger partial charge in [-0.25, -0.2) is 4.98 Å². The zero-order valence-corrected chi connectivity index (χ0v) is 16.2. The number of carbonyl (C=O) groups is 1. The molecule has 0 bridgehead atoms. The molecule has 1 saturated heterocycles. The summed E-state index contributed by atoms with van der Waals surface area (Å²) in [6, 6.07) is 12.5. The van der Waals surface area contributed by atoms with Crippen molar-refractivity contribution in [3.05, 3.63) is 60.0 Å². The van der Waals surface area contributed by atoms with E-state index in [1.165, 1.54) is 23.1 Å². The van der Waals surface area contributed by atoms with Crippen LogP contribution in [0.4, 0.5) is 17.6 Å². The predicted molar refractivity (Wildman–Crippen MR) is 103 cm³/mol. The SMILES string of the molecule is O=C(c1ccccc1OC(F)(F)C(F)F)N1CC[C@@H](NCc2nc3ccccc3o2)C1. The number of oxazole rings is 1. The van der Waals surface area contributed by atoms with E-state index >= 15 is 0 Å². The standard InChI is InChI=1S/C21H19F4N3O3/c22-20(23)21(24,25)31-16-7-3-1-5-14(16)19(29)28-10-9-13(12-28)26-11-18-27-15-6-2-4-8-17(15)30-18/h1-8,13,20,26H,9-12H2/t13-/m1/s1. The summed E-state index contributed by atoms with van der Waals surface area (Å²) in [4.78, 5) is 18.7. The van der Waals surface area contributed by atoms with Crippen LogP contribution < -0.4 is 10.1 Å². The molecule has 0 unspecified atom stereocenters. The van der Waals surface area contributed by atoms with E-state index in [2.05, 4.69) is 15.0 Å². The molecule has 2 heterocycles. The summed E-state index contributed by atoms with van der Waals surface area (Å²) in [5, 5.41) is 3.26. The third-order valence-electron chi connectivity index (χ3n) is 4.97. The number of aromatic nitrogens is 1. The van der Waals surface area contributed by atoms with Crippen molar-refractivity contribution < 1.29 is 31.5 Å². The molecule has 1 aliphatic heterocycles. The number of hydrogen-bond acceptors (Lipinski definition) is 5. The van der Waals surface area contributed by atoms with Crippen molar-refractivity contribution in [2.45, 2.75) is 31.5 Å². The second-order valence-electron chi connectivity index (χ2n) is 7.15. The Morgan fingerprint density at radius 3 is 2.74 bits per heavy atom. The number of amides is 1. The molecule has 4 rings (SSSR count). The smallest absolute Gasteiger partial charge is 0.439 e. The lowest BCUT2D eigenvalue weighted by Crippen LogP contribution is -2.36. The molecule has 0 spiro atoms. The number of fused-ring (bicyclic) bond motifs is 1. The molecule has 10 heteroatoms. The number of rotatable bonds is 7. The average molecular weight is 437 g/mol. The Morgan fingerprint density at radius 1 is 1.23 bits per heavy atom. The van der Waals surface area contributed by atoms with E-state index < -0.39 is 24.2 Å². The van der Waals surface area contributed by atoms with Gasteiger partial charge in [0.2, 0.25) is 5.89 Å². The number of carbonyl (C=O) groups excluding carboxylic acids is 1. The van der Waals surface area contributed by atoms with E-state index in [-0.39, 0.29) is 11.6 Å². The number of halogens is 4. The van der Waals surface area contributed by atoms with E-state index in [1.54, 1.807) is 0 Å². The van der Waals surface area contributed by atoms with Gasteiger partial charge in [0.05, 0.1) is 12.1 Å². The zero-order valence-electron chi connectivity index (χ0n) is 16.2. The summed E-state index contributed by atoms with van der Waals surface area (Å²) in [5.41, 5.74) is 1.24. The summed E-state index contributed by atoms with van der Waals surface area (Å²) < 4.78 is 61.5. The maximum atomic E-state index is 13.3. The number of ether oxygens (including phenoxy) is 1. The molecule has 2 aromatic carbocycles. The Bertz CT molecular complexity index is 1040. The molecule has 1 fully saturated rings. The largest absolute Gasteiger partial charge is 0.461 e. The lowest BCUT2D eigenvalue weighted by molar-refractivity contribution is -0.253. The Labute approximate surface area is 174 Å². The summed E-state index contributed by atoms with van der Waals surface area (Å²) >= 11 is 0. The summed E-state index contributed by atoms with van der Waals surface area (Å²) in [6.07, 6.45) is -8.07. The fraction of sp³-hybridized carbons (Fsp3) is 0.333. The molecular weight excluding hydrogens is 418 g/mol. The van der Waals surface area contributed by atoms with Crippen LogP contribution >= 0.6 is 0 Å². The van der Waals surface area contributed by atoms with Gasteiger partial charge in [-0.2, -0.15) is 17.6 Å². The molecule has 1 aliphatic rings. The van der Waals surface area contributed by atoms with E-state index in [4.69, 9.17) is 4.42 Å². The first kappa shape index (κ1) is 21.1. The highest BCUT2D eigenvalue weighted by Crippen LogP contribution is 2.31. The van der Waals surface area contributed by atoms with Crippen molar-refractivity contribution in [1.29, 1.82) is 0 Å². The normalized spacial score (nSPS) is 16.9. The second-order valence-corrected chi connectivity index (χ2v) is 7.15. The van der Waals surface area contributed by atoms with Crippen LogP contribution in [0.1, 0.15) is 22.7 Å². The van der Waals surface area contributed by atoms with Gasteiger partial charge in [0.15, 0.2) is 5.58 Å². The van der Waals surface area contributed by atoms with Crippen LogP contribution in [-0.4, -0.2) is 47.5 Å². The minimum atomic E-state index is -4.69.